The number of allylic oxidation sites excluding steroid dienone is 3. The van der Waals surface area contributed by atoms with E-state index in [-0.39, 0.29) is 11.3 Å². The molecule has 0 saturated heterocycles. The molecular formula is C21H28N2O. The van der Waals surface area contributed by atoms with E-state index in [2.05, 4.69) is 44.0 Å². The predicted octanol–water partition coefficient (Wildman–Crippen LogP) is 5.00. The highest BCUT2D eigenvalue weighted by molar-refractivity contribution is 6.02. The molecule has 0 unspecified atom stereocenters. The summed E-state index contributed by atoms with van der Waals surface area (Å²) in [6, 6.07) is 7.72. The molecule has 1 aliphatic carbocycles. The van der Waals surface area contributed by atoms with E-state index in [9.17, 15) is 4.79 Å². The van der Waals surface area contributed by atoms with Crippen molar-refractivity contribution in [2.75, 3.05) is 0 Å². The zero-order valence-electron chi connectivity index (χ0n) is 15.4. The molecule has 1 N–H and O–H groups in total. The molecule has 0 radical (unpaired) electrons. The van der Waals surface area contributed by atoms with Gasteiger partial charge in [-0.1, -0.05) is 51.1 Å². The van der Waals surface area contributed by atoms with E-state index in [1.165, 1.54) is 5.56 Å². The number of benzene rings is 1. The van der Waals surface area contributed by atoms with Crippen LogP contribution in [-0.4, -0.2) is 11.6 Å². The Balaban J connectivity index is 2.08. The molecule has 3 nitrogen and oxygen atoms in total. The molecule has 0 aromatic heterocycles. The zero-order valence-corrected chi connectivity index (χ0v) is 15.4. The summed E-state index contributed by atoms with van der Waals surface area (Å²) in [6.07, 6.45) is 4.01. The van der Waals surface area contributed by atoms with Crippen molar-refractivity contribution in [2.45, 2.75) is 52.9 Å². The van der Waals surface area contributed by atoms with Crippen LogP contribution in [-0.2, 0) is 5.41 Å². The first-order valence-electron chi connectivity index (χ1n) is 8.48. The number of nitrogens with one attached hydrogen (secondary N) is 1. The lowest BCUT2D eigenvalue weighted by molar-refractivity contribution is 0.0954. The zero-order chi connectivity index (χ0) is 17.9. The van der Waals surface area contributed by atoms with Crippen molar-refractivity contribution < 1.29 is 4.79 Å². The first-order valence-corrected chi connectivity index (χ1v) is 8.48. The molecule has 0 fully saturated rings. The number of carbonyl (C=O) groups is 1. The van der Waals surface area contributed by atoms with E-state index in [4.69, 9.17) is 0 Å². The van der Waals surface area contributed by atoms with E-state index >= 15 is 0 Å². The third kappa shape index (κ3) is 4.44. The Hall–Kier alpha value is -2.16. The second-order valence-electron chi connectivity index (χ2n) is 7.70. The minimum atomic E-state index is -0.173. The second kappa shape index (κ2) is 7.16. The highest BCUT2D eigenvalue weighted by atomic mass is 16.2. The molecule has 1 aromatic rings. The number of amides is 1. The summed E-state index contributed by atoms with van der Waals surface area (Å²) in [5, 5.41) is 4.35. The smallest absolute Gasteiger partial charge is 0.267 e. The third-order valence-electron chi connectivity index (χ3n) is 4.61. The minimum Gasteiger partial charge on any atom is -0.267 e. The van der Waals surface area contributed by atoms with Gasteiger partial charge in [-0.2, -0.15) is 5.10 Å². The topological polar surface area (TPSA) is 41.5 Å². The van der Waals surface area contributed by atoms with Gasteiger partial charge in [-0.25, -0.2) is 5.43 Å². The summed E-state index contributed by atoms with van der Waals surface area (Å²) in [5.74, 6) is 0.239. The monoisotopic (exact) mass is 324 g/mol. The molecular weight excluding hydrogens is 296 g/mol. The van der Waals surface area contributed by atoms with Crippen molar-refractivity contribution in [3.05, 3.63) is 59.2 Å². The Morgan fingerprint density at radius 3 is 2.42 bits per heavy atom. The quantitative estimate of drug-likeness (QED) is 0.617. The van der Waals surface area contributed by atoms with E-state index in [1.54, 1.807) is 0 Å². The minimum absolute atomic E-state index is 0.0802. The molecule has 3 heteroatoms. The van der Waals surface area contributed by atoms with Gasteiger partial charge in [0.25, 0.3) is 5.91 Å². The van der Waals surface area contributed by atoms with E-state index in [0.29, 0.717) is 11.5 Å². The van der Waals surface area contributed by atoms with Crippen molar-refractivity contribution in [3.63, 3.8) is 0 Å². The van der Waals surface area contributed by atoms with Crippen molar-refractivity contribution in [2.24, 2.45) is 11.0 Å². The molecule has 0 bridgehead atoms. The normalized spacial score (nSPS) is 19.8. The van der Waals surface area contributed by atoms with E-state index in [1.807, 2.05) is 38.1 Å². The highest BCUT2D eigenvalue weighted by Crippen LogP contribution is 2.26. The van der Waals surface area contributed by atoms with Gasteiger partial charge in [0.1, 0.15) is 0 Å². The molecule has 24 heavy (non-hydrogen) atoms. The largest absolute Gasteiger partial charge is 0.271 e. The summed E-state index contributed by atoms with van der Waals surface area (Å²) in [7, 11) is 0. The Bertz CT molecular complexity index is 688. The number of carbonyl (C=O) groups excluding carboxylic acids is 1. The first kappa shape index (κ1) is 18.2. The third-order valence-corrected chi connectivity index (χ3v) is 4.61. The van der Waals surface area contributed by atoms with Gasteiger partial charge in [0, 0.05) is 5.56 Å². The molecule has 0 aliphatic heterocycles. The Kier molecular flexibility index (Phi) is 5.43. The van der Waals surface area contributed by atoms with Crippen molar-refractivity contribution in [1.29, 1.82) is 0 Å². The standard InChI is InChI=1S/C21H28N2O/c1-14(2)17-8-7-15(3)19(13-17)22-23-20(24)16-9-11-18(12-10-16)21(4,5)6/h7,9-12,17H,1,8,13H2,2-6H3,(H,23,24)/t17-/m1/s1. The summed E-state index contributed by atoms with van der Waals surface area (Å²) in [4.78, 5) is 12.3. The van der Waals surface area contributed by atoms with Crippen molar-refractivity contribution in [1.82, 2.24) is 5.43 Å². The summed E-state index contributed by atoms with van der Waals surface area (Å²) >= 11 is 0. The average molecular weight is 324 g/mol. The Labute approximate surface area is 145 Å². The van der Waals surface area contributed by atoms with Gasteiger partial charge in [0.05, 0.1) is 5.71 Å². The van der Waals surface area contributed by atoms with Gasteiger partial charge in [0.15, 0.2) is 0 Å². The van der Waals surface area contributed by atoms with Gasteiger partial charge in [-0.15, -0.1) is 0 Å². The fourth-order valence-corrected chi connectivity index (χ4v) is 2.73. The van der Waals surface area contributed by atoms with Crippen LogP contribution in [0.2, 0.25) is 0 Å². The highest BCUT2D eigenvalue weighted by Gasteiger charge is 2.19. The number of hydrazone groups is 1. The van der Waals surface area contributed by atoms with Crippen LogP contribution >= 0.6 is 0 Å². The van der Waals surface area contributed by atoms with Gasteiger partial charge < -0.3 is 0 Å². The average Bonchev–Trinajstić information content (AvgIpc) is 2.52. The van der Waals surface area contributed by atoms with Crippen LogP contribution in [0.1, 0.15) is 63.4 Å². The van der Waals surface area contributed by atoms with Crippen LogP contribution in [0.15, 0.2) is 53.2 Å². The Morgan fingerprint density at radius 2 is 1.88 bits per heavy atom. The van der Waals surface area contributed by atoms with Crippen LogP contribution in [0.4, 0.5) is 0 Å². The number of hydrogen-bond acceptors (Lipinski definition) is 2. The molecule has 1 aromatic carbocycles. The lowest BCUT2D eigenvalue weighted by atomic mass is 9.85. The number of rotatable bonds is 3. The molecule has 0 heterocycles. The Morgan fingerprint density at radius 1 is 1.25 bits per heavy atom. The SMILES string of the molecule is C=C(C)[C@@H]1CC=C(C)C(=NNC(=O)c2ccc(C(C)(C)C)cc2)C1. The maximum Gasteiger partial charge on any atom is 0.271 e. The maximum atomic E-state index is 12.3. The van der Waals surface area contributed by atoms with Gasteiger partial charge >= 0.3 is 0 Å². The summed E-state index contributed by atoms with van der Waals surface area (Å²) < 4.78 is 0. The fourth-order valence-electron chi connectivity index (χ4n) is 2.73. The molecule has 0 saturated carbocycles. The van der Waals surface area contributed by atoms with Crippen LogP contribution in [0, 0.1) is 5.92 Å². The first-order chi connectivity index (χ1) is 11.2. The lowest BCUT2D eigenvalue weighted by Gasteiger charge is -2.22. The van der Waals surface area contributed by atoms with Crippen LogP contribution < -0.4 is 5.43 Å². The summed E-state index contributed by atoms with van der Waals surface area (Å²) in [5.41, 5.74) is 7.85. The maximum absolute atomic E-state index is 12.3. The second-order valence-corrected chi connectivity index (χ2v) is 7.70. The van der Waals surface area contributed by atoms with Crippen molar-refractivity contribution >= 4 is 11.6 Å². The summed E-state index contributed by atoms with van der Waals surface area (Å²) in [6.45, 7) is 14.6. The van der Waals surface area contributed by atoms with Crippen molar-refractivity contribution in [3.8, 4) is 0 Å². The molecule has 1 amide bonds. The van der Waals surface area contributed by atoms with Gasteiger partial charge in [-0.05, 0) is 61.3 Å². The van der Waals surface area contributed by atoms with E-state index in [0.717, 1.165) is 29.7 Å². The van der Waals surface area contributed by atoms with Gasteiger partial charge in [-0.3, -0.25) is 4.79 Å². The number of nitrogens with zero attached hydrogens (tertiary/aromatic N) is 1. The molecule has 128 valence electrons. The van der Waals surface area contributed by atoms with Gasteiger partial charge in [0.2, 0.25) is 0 Å². The van der Waals surface area contributed by atoms with E-state index < -0.39 is 0 Å². The fraction of sp³-hybridized carbons (Fsp3) is 0.429. The molecule has 1 aliphatic rings. The predicted molar refractivity (Wildman–Crippen MR) is 101 cm³/mol. The van der Waals surface area contributed by atoms with Crippen LogP contribution in [0.3, 0.4) is 0 Å². The lowest BCUT2D eigenvalue weighted by Crippen LogP contribution is -2.23. The molecule has 0 spiro atoms. The van der Waals surface area contributed by atoms with Crippen LogP contribution in [0.25, 0.3) is 0 Å². The molecule has 1 atom stereocenters. The number of hydrogen-bond donors (Lipinski definition) is 1. The molecule has 2 rings (SSSR count). The van der Waals surface area contributed by atoms with Crippen LogP contribution in [0.5, 0.6) is 0 Å².